The molecular formula is C40H46N4O6P2. The van der Waals surface area contributed by atoms with E-state index in [1.54, 1.807) is 0 Å². The molecule has 1 fully saturated rings. The Hall–Kier alpha value is -4.78. The Balaban J connectivity index is 1.35. The number of benzene rings is 4. The van der Waals surface area contributed by atoms with Crippen LogP contribution in [0.25, 0.3) is 0 Å². The first-order valence-corrected chi connectivity index (χ1v) is 20.8. The van der Waals surface area contributed by atoms with Gasteiger partial charge in [0.15, 0.2) is 0 Å². The second-order valence-corrected chi connectivity index (χ2v) is 17.3. The predicted octanol–water partition coefficient (Wildman–Crippen LogP) is 5.50. The quantitative estimate of drug-likeness (QED) is 0.124. The third kappa shape index (κ3) is 11.1. The van der Waals surface area contributed by atoms with E-state index in [2.05, 4.69) is 130 Å². The Kier molecular flexibility index (Phi) is 13.8. The highest BCUT2D eigenvalue weighted by Crippen LogP contribution is 2.47. The van der Waals surface area contributed by atoms with Crippen molar-refractivity contribution in [1.82, 2.24) is 10.6 Å². The van der Waals surface area contributed by atoms with Gasteiger partial charge in [0.25, 0.3) is 0 Å². The fourth-order valence-electron chi connectivity index (χ4n) is 5.95. The van der Waals surface area contributed by atoms with Gasteiger partial charge in [-0.2, -0.15) is 0 Å². The fourth-order valence-corrected chi connectivity index (χ4v) is 11.0. The average Bonchev–Trinajstić information content (AvgIpc) is 3.14. The number of carbonyl (C=O) groups is 4. The molecule has 0 spiro atoms. The second kappa shape index (κ2) is 18.6. The molecule has 12 heteroatoms. The first kappa shape index (κ1) is 38.5. The SMILES string of the molecule is C[C@H](NC(=O)CCc1ccc(N2CP(c3ccccc3)CN(c3ccc(CCC(=O)N[C@@H](C)C(=O)O)cc3)CP(c3ccccc3)C2)cc1)C(=O)O. The molecule has 1 aliphatic heterocycles. The lowest BCUT2D eigenvalue weighted by Crippen LogP contribution is -2.38. The van der Waals surface area contributed by atoms with Crippen LogP contribution in [0.5, 0.6) is 0 Å². The average molecular weight is 741 g/mol. The van der Waals surface area contributed by atoms with Crippen LogP contribution in [0.15, 0.2) is 109 Å². The number of rotatable bonds is 14. The van der Waals surface area contributed by atoms with Gasteiger partial charge in [-0.15, -0.1) is 0 Å². The molecule has 0 unspecified atom stereocenters. The third-order valence-electron chi connectivity index (χ3n) is 8.99. The Bertz CT molecular complexity index is 1650. The molecule has 272 valence electrons. The van der Waals surface area contributed by atoms with E-state index < -0.39 is 39.9 Å². The number of carboxylic acids is 2. The van der Waals surface area contributed by atoms with Crippen LogP contribution in [0.1, 0.15) is 37.8 Å². The van der Waals surface area contributed by atoms with E-state index in [1.165, 1.54) is 24.5 Å². The first-order chi connectivity index (χ1) is 25.0. The Morgan fingerprint density at radius 3 is 1.19 bits per heavy atom. The van der Waals surface area contributed by atoms with Crippen molar-refractivity contribution in [1.29, 1.82) is 0 Å². The van der Waals surface area contributed by atoms with Gasteiger partial charge in [-0.3, -0.25) is 19.2 Å². The summed E-state index contributed by atoms with van der Waals surface area (Å²) in [6.45, 7) is 2.92. The summed E-state index contributed by atoms with van der Waals surface area (Å²) in [7, 11) is -1.28. The van der Waals surface area contributed by atoms with Crippen molar-refractivity contribution in [3.8, 4) is 0 Å². The number of carbonyl (C=O) groups excluding carboxylic acids is 2. The highest BCUT2D eigenvalue weighted by atomic mass is 31.1. The van der Waals surface area contributed by atoms with Crippen molar-refractivity contribution >= 4 is 61.6 Å². The Morgan fingerprint density at radius 2 is 0.885 bits per heavy atom. The molecule has 0 saturated carbocycles. The summed E-state index contributed by atoms with van der Waals surface area (Å²) in [6, 6.07) is 36.4. The van der Waals surface area contributed by atoms with Crippen LogP contribution >= 0.6 is 15.8 Å². The minimum absolute atomic E-state index is 0.220. The van der Waals surface area contributed by atoms with E-state index >= 15 is 0 Å². The zero-order valence-electron chi connectivity index (χ0n) is 29.5. The van der Waals surface area contributed by atoms with Crippen LogP contribution < -0.4 is 31.0 Å². The summed E-state index contributed by atoms with van der Waals surface area (Å²) < 4.78 is 0. The zero-order chi connectivity index (χ0) is 37.0. The fraction of sp³-hybridized carbons (Fsp3) is 0.300. The topological polar surface area (TPSA) is 139 Å². The lowest BCUT2D eigenvalue weighted by Gasteiger charge is -2.41. The van der Waals surface area contributed by atoms with Crippen LogP contribution in [0.4, 0.5) is 11.4 Å². The summed E-state index contributed by atoms with van der Waals surface area (Å²) >= 11 is 0. The molecule has 4 N–H and O–H groups in total. The summed E-state index contributed by atoms with van der Waals surface area (Å²) in [5, 5.41) is 25.9. The van der Waals surface area contributed by atoms with Gasteiger partial charge < -0.3 is 30.6 Å². The van der Waals surface area contributed by atoms with Crippen LogP contribution in [0, 0.1) is 0 Å². The largest absolute Gasteiger partial charge is 0.480 e. The molecule has 0 bridgehead atoms. The normalized spacial score (nSPS) is 17.3. The summed E-state index contributed by atoms with van der Waals surface area (Å²) in [5.41, 5.74) is 4.32. The molecule has 2 atom stereocenters. The van der Waals surface area contributed by atoms with E-state index in [1.807, 2.05) is 0 Å². The van der Waals surface area contributed by atoms with E-state index in [4.69, 9.17) is 10.2 Å². The molecular weight excluding hydrogens is 694 g/mol. The number of hydrogen-bond acceptors (Lipinski definition) is 6. The van der Waals surface area contributed by atoms with Gasteiger partial charge >= 0.3 is 11.9 Å². The van der Waals surface area contributed by atoms with Crippen LogP contribution in [-0.4, -0.2) is 71.2 Å². The maximum absolute atomic E-state index is 12.3. The van der Waals surface area contributed by atoms with Crippen LogP contribution in [-0.2, 0) is 32.0 Å². The first-order valence-electron chi connectivity index (χ1n) is 17.4. The van der Waals surface area contributed by atoms with Crippen LogP contribution in [0.2, 0.25) is 0 Å². The summed E-state index contributed by atoms with van der Waals surface area (Å²) in [6.07, 6.45) is 4.98. The standard InChI is InChI=1S/C40H46N4O6P2/c1-29(39(47)48)41-37(45)23-17-31-13-19-33(20-14-31)43-25-51(35-9-5-3-6-10-35)27-44(28-52(26-43)36-11-7-4-8-12-36)34-21-15-32(16-22-34)18-24-38(46)42-30(2)40(49)50/h3-16,19-22,29-30H,17-18,23-28H2,1-2H3,(H,41,45)(H,42,46)(H,47,48)(H,49,50)/t29-,30-,51?,52?/m0/s1. The van der Waals surface area contributed by atoms with Crippen molar-refractivity contribution in [2.45, 2.75) is 51.6 Å². The number of amides is 2. The van der Waals surface area contributed by atoms with Crippen LogP contribution in [0.3, 0.4) is 0 Å². The van der Waals surface area contributed by atoms with Gasteiger partial charge in [-0.25, -0.2) is 0 Å². The molecule has 1 aliphatic rings. The minimum atomic E-state index is -1.05. The lowest BCUT2D eigenvalue weighted by atomic mass is 10.1. The van der Waals surface area contributed by atoms with E-state index in [0.29, 0.717) is 12.8 Å². The number of carboxylic acid groups (broad SMARTS) is 2. The Labute approximate surface area is 307 Å². The van der Waals surface area contributed by atoms with Crippen molar-refractivity contribution in [2.24, 2.45) is 0 Å². The van der Waals surface area contributed by atoms with Crippen molar-refractivity contribution in [2.75, 3.05) is 34.9 Å². The molecule has 4 aromatic rings. The van der Waals surface area contributed by atoms with Gasteiger partial charge in [0.1, 0.15) is 12.1 Å². The van der Waals surface area contributed by atoms with E-state index in [9.17, 15) is 19.2 Å². The number of aliphatic carboxylic acids is 2. The second-order valence-electron chi connectivity index (χ2n) is 13.0. The number of aryl methyl sites for hydroxylation is 2. The number of hydrogen-bond donors (Lipinski definition) is 4. The zero-order valence-corrected chi connectivity index (χ0v) is 31.3. The van der Waals surface area contributed by atoms with E-state index in [0.717, 1.165) is 47.6 Å². The van der Waals surface area contributed by atoms with Gasteiger partial charge in [0, 0.05) is 49.4 Å². The Morgan fingerprint density at radius 1 is 0.558 bits per heavy atom. The molecule has 4 aromatic carbocycles. The third-order valence-corrected chi connectivity index (χ3v) is 13.8. The molecule has 1 heterocycles. The van der Waals surface area contributed by atoms with Crippen molar-refractivity contribution in [3.63, 3.8) is 0 Å². The maximum Gasteiger partial charge on any atom is 0.325 e. The monoisotopic (exact) mass is 740 g/mol. The molecule has 52 heavy (non-hydrogen) atoms. The highest BCUT2D eigenvalue weighted by molar-refractivity contribution is 7.67. The lowest BCUT2D eigenvalue weighted by molar-refractivity contribution is -0.141. The summed E-state index contributed by atoms with van der Waals surface area (Å²) in [4.78, 5) is 51.9. The van der Waals surface area contributed by atoms with Crippen molar-refractivity contribution < 1.29 is 29.4 Å². The number of anilines is 2. The smallest absolute Gasteiger partial charge is 0.325 e. The van der Waals surface area contributed by atoms with Gasteiger partial charge in [-0.05, 0) is 88.5 Å². The molecule has 2 amide bonds. The predicted molar refractivity (Wildman–Crippen MR) is 210 cm³/mol. The molecule has 0 radical (unpaired) electrons. The van der Waals surface area contributed by atoms with Gasteiger partial charge in [0.2, 0.25) is 11.8 Å². The van der Waals surface area contributed by atoms with E-state index in [-0.39, 0.29) is 24.7 Å². The molecule has 5 rings (SSSR count). The number of nitrogens with zero attached hydrogens (tertiary/aromatic N) is 2. The van der Waals surface area contributed by atoms with Gasteiger partial charge in [0.05, 0.1) is 0 Å². The molecule has 10 nitrogen and oxygen atoms in total. The van der Waals surface area contributed by atoms with Crippen molar-refractivity contribution in [3.05, 3.63) is 120 Å². The molecule has 1 saturated heterocycles. The highest BCUT2D eigenvalue weighted by Gasteiger charge is 2.28. The molecule has 0 aromatic heterocycles. The minimum Gasteiger partial charge on any atom is -0.480 e. The summed E-state index contributed by atoms with van der Waals surface area (Å²) in [5.74, 6) is -2.66. The van der Waals surface area contributed by atoms with Gasteiger partial charge in [-0.1, -0.05) is 84.9 Å². The maximum atomic E-state index is 12.3. The number of nitrogens with one attached hydrogen (secondary N) is 2. The molecule has 0 aliphatic carbocycles.